The van der Waals surface area contributed by atoms with E-state index in [1.54, 1.807) is 24.3 Å². The van der Waals surface area contributed by atoms with E-state index >= 15 is 0 Å². The van der Waals surface area contributed by atoms with Crippen LogP contribution in [-0.2, 0) is 14.4 Å². The van der Waals surface area contributed by atoms with E-state index in [2.05, 4.69) is 26.6 Å². The zero-order chi connectivity index (χ0) is 22.1. The molecule has 2 heterocycles. The highest BCUT2D eigenvalue weighted by Crippen LogP contribution is 2.29. The molecule has 11 heteroatoms. The van der Waals surface area contributed by atoms with Gasteiger partial charge in [0.1, 0.15) is 0 Å². The first-order chi connectivity index (χ1) is 14.8. The molecule has 0 bridgehead atoms. The number of fused-ring (bicyclic) bond motifs is 1. The zero-order valence-electron chi connectivity index (χ0n) is 15.9. The Morgan fingerprint density at radius 3 is 2.26 bits per heavy atom. The van der Waals surface area contributed by atoms with Gasteiger partial charge < -0.3 is 21.3 Å². The van der Waals surface area contributed by atoms with Gasteiger partial charge in [0.25, 0.3) is 0 Å². The highest BCUT2D eigenvalue weighted by atomic mass is 35.5. The zero-order valence-corrected chi connectivity index (χ0v) is 18.2. The average molecular weight is 483 g/mol. The van der Waals surface area contributed by atoms with Crippen LogP contribution in [0.15, 0.2) is 42.5 Å². The summed E-state index contributed by atoms with van der Waals surface area (Å²) < 4.78 is 0. The first-order valence-corrected chi connectivity index (χ1v) is 10.6. The second-order valence-corrected chi connectivity index (χ2v) is 8.60. The smallest absolute Gasteiger partial charge is 0.229 e. The Kier molecular flexibility index (Phi) is 6.24. The van der Waals surface area contributed by atoms with Crippen LogP contribution in [0.25, 0.3) is 0 Å². The largest absolute Gasteiger partial charge is 0.353 e. The third-order valence-electron chi connectivity index (χ3n) is 5.07. The third kappa shape index (κ3) is 5.04. The molecule has 0 spiro atoms. The van der Waals surface area contributed by atoms with Crippen molar-refractivity contribution in [2.24, 2.45) is 11.8 Å². The van der Waals surface area contributed by atoms with E-state index in [1.807, 2.05) is 0 Å². The quantitative estimate of drug-likeness (QED) is 0.460. The summed E-state index contributed by atoms with van der Waals surface area (Å²) in [4.78, 5) is 38.1. The molecule has 4 atom stereocenters. The number of benzene rings is 2. The van der Waals surface area contributed by atoms with Crippen LogP contribution in [0, 0.1) is 11.8 Å². The van der Waals surface area contributed by atoms with Crippen LogP contribution in [0.2, 0.25) is 15.1 Å². The van der Waals surface area contributed by atoms with Gasteiger partial charge in [0.05, 0.1) is 18.0 Å². The van der Waals surface area contributed by atoms with Crippen molar-refractivity contribution in [1.82, 2.24) is 16.0 Å². The molecule has 4 rings (SSSR count). The van der Waals surface area contributed by atoms with Gasteiger partial charge in [0, 0.05) is 32.9 Å². The lowest BCUT2D eigenvalue weighted by Crippen LogP contribution is -2.72. The molecule has 2 saturated heterocycles. The van der Waals surface area contributed by atoms with E-state index in [1.165, 1.54) is 18.2 Å². The summed E-state index contributed by atoms with van der Waals surface area (Å²) in [5.74, 6) is -2.84. The number of amides is 3. The van der Waals surface area contributed by atoms with Crippen molar-refractivity contribution in [1.29, 1.82) is 0 Å². The summed E-state index contributed by atoms with van der Waals surface area (Å²) in [6.07, 6.45) is -1.49. The van der Waals surface area contributed by atoms with Crippen molar-refractivity contribution in [3.63, 3.8) is 0 Å². The number of rotatable bonds is 4. The first-order valence-electron chi connectivity index (χ1n) is 9.43. The number of carbonyl (C=O) groups is 3. The predicted molar refractivity (Wildman–Crippen MR) is 119 cm³/mol. The lowest BCUT2D eigenvalue weighted by atomic mass is 9.81. The molecule has 0 aromatic heterocycles. The summed E-state index contributed by atoms with van der Waals surface area (Å²) in [6, 6.07) is 11.6. The van der Waals surface area contributed by atoms with Gasteiger partial charge in [-0.3, -0.25) is 19.7 Å². The van der Waals surface area contributed by atoms with Crippen LogP contribution < -0.4 is 26.6 Å². The van der Waals surface area contributed by atoms with E-state index < -0.39 is 30.2 Å². The minimum atomic E-state index is -0.875. The molecular weight excluding hydrogens is 465 g/mol. The standard InChI is InChI=1S/C20H18Cl3N5O3/c21-9-1-3-12(4-2-9)25-20-27-17-16(19(31)28-20)14(8-15(29)26-17)18(30)24-13-6-10(22)5-11(23)7-13/h1-7,14,16-17,20,25,27H,8H2,(H,24,30)(H,26,29)(H,28,31). The SMILES string of the molecule is O=C1CC(C(=O)Nc2cc(Cl)cc(Cl)c2)C2C(=O)NC(Nc3ccc(Cl)cc3)NC2N1. The second-order valence-electron chi connectivity index (χ2n) is 7.29. The Morgan fingerprint density at radius 2 is 1.58 bits per heavy atom. The molecule has 2 aromatic carbocycles. The lowest BCUT2D eigenvalue weighted by Gasteiger charge is -2.43. The van der Waals surface area contributed by atoms with Crippen molar-refractivity contribution in [3.05, 3.63) is 57.5 Å². The molecular formula is C20H18Cl3N5O3. The number of anilines is 2. The maximum atomic E-state index is 12.9. The molecule has 3 amide bonds. The van der Waals surface area contributed by atoms with Gasteiger partial charge in [0.15, 0.2) is 6.29 Å². The van der Waals surface area contributed by atoms with Crippen molar-refractivity contribution in [2.75, 3.05) is 10.6 Å². The monoisotopic (exact) mass is 481 g/mol. The number of nitrogens with one attached hydrogen (secondary N) is 5. The summed E-state index contributed by atoms with van der Waals surface area (Å²) in [5, 5.41) is 15.8. The fourth-order valence-corrected chi connectivity index (χ4v) is 4.38. The highest BCUT2D eigenvalue weighted by molar-refractivity contribution is 6.35. The van der Waals surface area contributed by atoms with Crippen molar-refractivity contribution in [3.8, 4) is 0 Å². The van der Waals surface area contributed by atoms with Crippen molar-refractivity contribution in [2.45, 2.75) is 18.9 Å². The molecule has 8 nitrogen and oxygen atoms in total. The van der Waals surface area contributed by atoms with Gasteiger partial charge in [-0.05, 0) is 42.5 Å². The second kappa shape index (κ2) is 8.92. The Labute approximate surface area is 193 Å². The molecule has 5 N–H and O–H groups in total. The molecule has 2 aliphatic heterocycles. The normalized spacial score (nSPS) is 25.1. The Bertz CT molecular complexity index is 1010. The molecule has 2 fully saturated rings. The van der Waals surface area contributed by atoms with Gasteiger partial charge in [0.2, 0.25) is 17.7 Å². The minimum Gasteiger partial charge on any atom is -0.353 e. The molecule has 162 valence electrons. The molecule has 0 aliphatic carbocycles. The molecule has 2 aromatic rings. The number of carbonyl (C=O) groups excluding carboxylic acids is 3. The van der Waals surface area contributed by atoms with Gasteiger partial charge in [-0.1, -0.05) is 34.8 Å². The molecule has 0 saturated carbocycles. The summed E-state index contributed by atoms with van der Waals surface area (Å²) in [7, 11) is 0. The van der Waals surface area contributed by atoms with Gasteiger partial charge >= 0.3 is 0 Å². The topological polar surface area (TPSA) is 111 Å². The minimum absolute atomic E-state index is 0.119. The van der Waals surface area contributed by atoms with Gasteiger partial charge in [-0.25, -0.2) is 0 Å². The fourth-order valence-electron chi connectivity index (χ4n) is 3.73. The maximum Gasteiger partial charge on any atom is 0.229 e. The van der Waals surface area contributed by atoms with E-state index in [4.69, 9.17) is 34.8 Å². The molecule has 31 heavy (non-hydrogen) atoms. The van der Waals surface area contributed by atoms with Crippen LogP contribution in [0.4, 0.5) is 11.4 Å². The highest BCUT2D eigenvalue weighted by Gasteiger charge is 2.48. The van der Waals surface area contributed by atoms with Gasteiger partial charge in [-0.15, -0.1) is 0 Å². The fraction of sp³-hybridized carbons (Fsp3) is 0.250. The summed E-state index contributed by atoms with van der Waals surface area (Å²) in [5.41, 5.74) is 1.10. The Morgan fingerprint density at radius 1 is 0.903 bits per heavy atom. The molecule has 0 radical (unpaired) electrons. The van der Waals surface area contributed by atoms with E-state index in [-0.39, 0.29) is 18.2 Å². The number of halogens is 3. The van der Waals surface area contributed by atoms with E-state index in [0.717, 1.165) is 5.69 Å². The van der Waals surface area contributed by atoms with Crippen LogP contribution in [-0.4, -0.2) is 30.2 Å². The summed E-state index contributed by atoms with van der Waals surface area (Å²) >= 11 is 17.9. The van der Waals surface area contributed by atoms with Crippen LogP contribution in [0.1, 0.15) is 6.42 Å². The van der Waals surface area contributed by atoms with E-state index in [9.17, 15) is 14.4 Å². The maximum absolute atomic E-state index is 12.9. The lowest BCUT2D eigenvalue weighted by molar-refractivity contribution is -0.144. The van der Waals surface area contributed by atoms with Crippen molar-refractivity contribution < 1.29 is 14.4 Å². The Balaban J connectivity index is 1.48. The molecule has 2 aliphatic rings. The van der Waals surface area contributed by atoms with E-state index in [0.29, 0.717) is 20.8 Å². The van der Waals surface area contributed by atoms with Crippen LogP contribution in [0.3, 0.4) is 0 Å². The predicted octanol–water partition coefficient (Wildman–Crippen LogP) is 2.78. The molecule has 4 unspecified atom stereocenters. The number of hydrogen-bond acceptors (Lipinski definition) is 5. The third-order valence-corrected chi connectivity index (χ3v) is 5.76. The number of piperidine rings is 1. The summed E-state index contributed by atoms with van der Waals surface area (Å²) in [6.45, 7) is 0. The Hall–Kier alpha value is -2.52. The number of hydrogen-bond donors (Lipinski definition) is 5. The average Bonchev–Trinajstić information content (AvgIpc) is 2.68. The van der Waals surface area contributed by atoms with Gasteiger partial charge in [-0.2, -0.15) is 0 Å². The van der Waals surface area contributed by atoms with Crippen LogP contribution in [0.5, 0.6) is 0 Å². The van der Waals surface area contributed by atoms with Crippen molar-refractivity contribution >= 4 is 63.9 Å². The van der Waals surface area contributed by atoms with Crippen LogP contribution >= 0.6 is 34.8 Å². The first kappa shape index (κ1) is 21.7.